The van der Waals surface area contributed by atoms with Gasteiger partial charge in [0.15, 0.2) is 0 Å². The second-order valence-corrected chi connectivity index (χ2v) is 4.17. The van der Waals surface area contributed by atoms with Gasteiger partial charge >= 0.3 is 5.97 Å². The number of thiazole rings is 1. The van der Waals surface area contributed by atoms with E-state index in [2.05, 4.69) is 10.3 Å². The lowest BCUT2D eigenvalue weighted by Gasteiger charge is -1.98. The fourth-order valence-corrected chi connectivity index (χ4v) is 2.15. The van der Waals surface area contributed by atoms with E-state index in [1.807, 2.05) is 6.92 Å². The van der Waals surface area contributed by atoms with Gasteiger partial charge in [-0.25, -0.2) is 9.78 Å². The van der Waals surface area contributed by atoms with Gasteiger partial charge in [0.25, 0.3) is 0 Å². The van der Waals surface area contributed by atoms with Crippen molar-refractivity contribution in [3.63, 3.8) is 0 Å². The first-order chi connectivity index (χ1) is 7.72. The van der Waals surface area contributed by atoms with Crippen LogP contribution in [0.1, 0.15) is 27.3 Å². The van der Waals surface area contributed by atoms with E-state index in [4.69, 9.17) is 9.47 Å². The van der Waals surface area contributed by atoms with E-state index < -0.39 is 0 Å². The average Bonchev–Trinajstić information content (AvgIpc) is 2.69. The topological polar surface area (TPSA) is 60.5 Å². The molecular weight excluding hydrogens is 228 g/mol. The zero-order valence-electron chi connectivity index (χ0n) is 9.70. The monoisotopic (exact) mass is 244 g/mol. The van der Waals surface area contributed by atoms with Gasteiger partial charge in [-0.15, -0.1) is 11.3 Å². The number of hydrogen-bond donors (Lipinski definition) is 1. The molecule has 0 fully saturated rings. The van der Waals surface area contributed by atoms with Crippen molar-refractivity contribution in [2.75, 3.05) is 20.8 Å². The summed E-state index contributed by atoms with van der Waals surface area (Å²) in [4.78, 5) is 16.3. The standard InChI is InChI=1S/C10H16N2O3S/c1-4-11-5-8-12-7(6-14-2)9(16-8)10(13)15-3/h11H,4-6H2,1-3H3. The molecule has 6 heteroatoms. The summed E-state index contributed by atoms with van der Waals surface area (Å²) in [5.41, 5.74) is 0.646. The number of methoxy groups -OCH3 is 2. The molecule has 0 spiro atoms. The van der Waals surface area contributed by atoms with Crippen LogP contribution in [0.2, 0.25) is 0 Å². The predicted molar refractivity (Wildman–Crippen MR) is 61.5 cm³/mol. The molecule has 1 aromatic heterocycles. The number of esters is 1. The highest BCUT2D eigenvalue weighted by molar-refractivity contribution is 7.13. The second-order valence-electron chi connectivity index (χ2n) is 3.09. The number of nitrogens with one attached hydrogen (secondary N) is 1. The molecule has 1 heterocycles. The molecule has 0 aliphatic heterocycles. The molecule has 16 heavy (non-hydrogen) atoms. The lowest BCUT2D eigenvalue weighted by molar-refractivity contribution is 0.0601. The van der Waals surface area contributed by atoms with Crippen molar-refractivity contribution < 1.29 is 14.3 Å². The molecular formula is C10H16N2O3S. The van der Waals surface area contributed by atoms with Crippen LogP contribution in [0.5, 0.6) is 0 Å². The number of hydrogen-bond acceptors (Lipinski definition) is 6. The van der Waals surface area contributed by atoms with Gasteiger partial charge in [-0.05, 0) is 6.54 Å². The Morgan fingerprint density at radius 1 is 1.50 bits per heavy atom. The zero-order chi connectivity index (χ0) is 12.0. The Labute approximate surface area is 98.8 Å². The van der Waals surface area contributed by atoms with Crippen LogP contribution >= 0.6 is 11.3 Å². The maximum atomic E-state index is 11.5. The van der Waals surface area contributed by atoms with Crippen molar-refractivity contribution in [2.45, 2.75) is 20.1 Å². The zero-order valence-corrected chi connectivity index (χ0v) is 10.5. The van der Waals surface area contributed by atoms with Crippen molar-refractivity contribution in [2.24, 2.45) is 0 Å². The summed E-state index contributed by atoms with van der Waals surface area (Å²) >= 11 is 1.34. The number of nitrogens with zero attached hydrogens (tertiary/aromatic N) is 1. The Morgan fingerprint density at radius 3 is 2.81 bits per heavy atom. The highest BCUT2D eigenvalue weighted by atomic mass is 32.1. The molecule has 0 saturated heterocycles. The first-order valence-electron chi connectivity index (χ1n) is 4.99. The maximum absolute atomic E-state index is 11.5. The fraction of sp³-hybridized carbons (Fsp3) is 0.600. The van der Waals surface area contributed by atoms with Crippen LogP contribution in [-0.2, 0) is 22.6 Å². The Hall–Kier alpha value is -0.980. The van der Waals surface area contributed by atoms with E-state index in [9.17, 15) is 4.79 Å². The smallest absolute Gasteiger partial charge is 0.350 e. The minimum Gasteiger partial charge on any atom is -0.465 e. The third-order valence-electron chi connectivity index (χ3n) is 1.92. The highest BCUT2D eigenvalue weighted by Gasteiger charge is 2.18. The minimum absolute atomic E-state index is 0.326. The third kappa shape index (κ3) is 3.26. The molecule has 0 unspecified atom stereocenters. The van der Waals surface area contributed by atoms with Crippen LogP contribution in [0.15, 0.2) is 0 Å². The Morgan fingerprint density at radius 2 is 2.25 bits per heavy atom. The average molecular weight is 244 g/mol. The van der Waals surface area contributed by atoms with Gasteiger partial charge < -0.3 is 14.8 Å². The summed E-state index contributed by atoms with van der Waals surface area (Å²) in [6.45, 7) is 3.87. The van der Waals surface area contributed by atoms with Crippen LogP contribution in [0.25, 0.3) is 0 Å². The molecule has 0 aromatic carbocycles. The number of ether oxygens (including phenoxy) is 2. The molecule has 0 atom stereocenters. The Balaban J connectivity index is 2.86. The normalized spacial score (nSPS) is 10.4. The highest BCUT2D eigenvalue weighted by Crippen LogP contribution is 2.20. The number of carbonyl (C=O) groups excluding carboxylic acids is 1. The predicted octanol–water partition coefficient (Wildman–Crippen LogP) is 1.19. The molecule has 0 amide bonds. The van der Waals surface area contributed by atoms with Crippen LogP contribution in [0.3, 0.4) is 0 Å². The van der Waals surface area contributed by atoms with Gasteiger partial charge in [0.05, 0.1) is 19.4 Å². The number of aromatic nitrogens is 1. The van der Waals surface area contributed by atoms with Gasteiger partial charge in [0.2, 0.25) is 0 Å². The van der Waals surface area contributed by atoms with Gasteiger partial charge in [-0.3, -0.25) is 0 Å². The molecule has 0 aliphatic rings. The fourth-order valence-electron chi connectivity index (χ4n) is 1.20. The summed E-state index contributed by atoms with van der Waals surface area (Å²) in [6, 6.07) is 0. The summed E-state index contributed by atoms with van der Waals surface area (Å²) in [5, 5.41) is 4.03. The molecule has 90 valence electrons. The van der Waals surface area contributed by atoms with Crippen LogP contribution in [-0.4, -0.2) is 31.7 Å². The van der Waals surface area contributed by atoms with Crippen molar-refractivity contribution >= 4 is 17.3 Å². The van der Waals surface area contributed by atoms with Gasteiger partial charge in [-0.1, -0.05) is 6.92 Å². The van der Waals surface area contributed by atoms with E-state index in [0.717, 1.165) is 11.6 Å². The molecule has 0 radical (unpaired) electrons. The SMILES string of the molecule is CCNCc1nc(COC)c(C(=O)OC)s1. The van der Waals surface area contributed by atoms with Crippen LogP contribution in [0.4, 0.5) is 0 Å². The lowest BCUT2D eigenvalue weighted by atomic mass is 10.4. The molecule has 5 nitrogen and oxygen atoms in total. The van der Waals surface area contributed by atoms with E-state index in [1.54, 1.807) is 7.11 Å². The van der Waals surface area contributed by atoms with E-state index in [1.165, 1.54) is 18.4 Å². The number of carbonyl (C=O) groups is 1. The second kappa shape index (κ2) is 6.57. The van der Waals surface area contributed by atoms with E-state index in [0.29, 0.717) is 23.7 Å². The first-order valence-corrected chi connectivity index (χ1v) is 5.81. The summed E-state index contributed by atoms with van der Waals surface area (Å²) in [5.74, 6) is -0.354. The van der Waals surface area contributed by atoms with Crippen LogP contribution < -0.4 is 5.32 Å². The Kier molecular flexibility index (Phi) is 5.37. The summed E-state index contributed by atoms with van der Waals surface area (Å²) < 4.78 is 9.69. The van der Waals surface area contributed by atoms with Crippen molar-refractivity contribution in [3.05, 3.63) is 15.6 Å². The quantitative estimate of drug-likeness (QED) is 0.762. The lowest BCUT2D eigenvalue weighted by Crippen LogP contribution is -2.11. The van der Waals surface area contributed by atoms with Crippen molar-refractivity contribution in [1.82, 2.24) is 10.3 Å². The van der Waals surface area contributed by atoms with Crippen molar-refractivity contribution in [1.29, 1.82) is 0 Å². The molecule has 0 aliphatic carbocycles. The van der Waals surface area contributed by atoms with Gasteiger partial charge in [-0.2, -0.15) is 0 Å². The minimum atomic E-state index is -0.354. The molecule has 1 aromatic rings. The summed E-state index contributed by atoms with van der Waals surface area (Å²) in [7, 11) is 2.94. The molecule has 1 N–H and O–H groups in total. The molecule has 0 saturated carbocycles. The van der Waals surface area contributed by atoms with Gasteiger partial charge in [0, 0.05) is 13.7 Å². The van der Waals surface area contributed by atoms with Crippen LogP contribution in [0, 0.1) is 0 Å². The number of rotatable bonds is 6. The molecule has 1 rings (SSSR count). The third-order valence-corrected chi connectivity index (χ3v) is 3.00. The largest absolute Gasteiger partial charge is 0.465 e. The van der Waals surface area contributed by atoms with E-state index in [-0.39, 0.29) is 5.97 Å². The van der Waals surface area contributed by atoms with Crippen molar-refractivity contribution in [3.8, 4) is 0 Å². The summed E-state index contributed by atoms with van der Waals surface area (Å²) in [6.07, 6.45) is 0. The first kappa shape index (κ1) is 13.1. The maximum Gasteiger partial charge on any atom is 0.350 e. The van der Waals surface area contributed by atoms with E-state index >= 15 is 0 Å². The molecule has 0 bridgehead atoms. The van der Waals surface area contributed by atoms with Gasteiger partial charge in [0.1, 0.15) is 9.88 Å². The Bertz CT molecular complexity index is 352.